The molecule has 1 fully saturated rings. The van der Waals surface area contributed by atoms with E-state index in [0.29, 0.717) is 27.6 Å². The van der Waals surface area contributed by atoms with Gasteiger partial charge in [-0.05, 0) is 47.3 Å². The van der Waals surface area contributed by atoms with Crippen molar-refractivity contribution in [3.63, 3.8) is 0 Å². The van der Waals surface area contributed by atoms with E-state index in [-0.39, 0.29) is 17.9 Å². The number of carbonyl (C=O) groups excluding carboxylic acids is 2. The molecule has 1 aliphatic heterocycles. The van der Waals surface area contributed by atoms with Crippen molar-refractivity contribution in [3.8, 4) is 11.5 Å². The zero-order valence-electron chi connectivity index (χ0n) is 17.4. The maximum absolute atomic E-state index is 13.1. The van der Waals surface area contributed by atoms with Crippen LogP contribution >= 0.6 is 22.9 Å². The van der Waals surface area contributed by atoms with E-state index in [1.54, 1.807) is 42.5 Å². The number of methoxy groups -OCH3 is 2. The summed E-state index contributed by atoms with van der Waals surface area (Å²) in [5.74, 6) is -0.809. The van der Waals surface area contributed by atoms with Gasteiger partial charge in [-0.15, -0.1) is 11.3 Å². The van der Waals surface area contributed by atoms with E-state index in [2.05, 4.69) is 0 Å². The molecule has 1 N–H and O–H groups in total. The second-order valence-electron chi connectivity index (χ2n) is 7.13. The number of carbonyl (C=O) groups is 2. The van der Waals surface area contributed by atoms with Crippen molar-refractivity contribution in [2.45, 2.75) is 12.6 Å². The number of ether oxygens (including phenoxy) is 2. The first kappa shape index (κ1) is 21.9. The van der Waals surface area contributed by atoms with Gasteiger partial charge < -0.3 is 19.5 Å². The lowest BCUT2D eigenvalue weighted by Crippen LogP contribution is -2.28. The van der Waals surface area contributed by atoms with E-state index >= 15 is 0 Å². The second kappa shape index (κ2) is 9.06. The van der Waals surface area contributed by atoms with Crippen LogP contribution in [-0.2, 0) is 16.1 Å². The number of rotatable bonds is 6. The SMILES string of the molecule is COc1ccc(/C(O)=C2/C(=O)C(=O)N(Cc3cccs3)C2c2ccc(Cl)cc2)cc1OC. The largest absolute Gasteiger partial charge is 0.507 e. The van der Waals surface area contributed by atoms with Crippen LogP contribution < -0.4 is 9.47 Å². The van der Waals surface area contributed by atoms with Crippen LogP contribution in [0.4, 0.5) is 0 Å². The highest BCUT2D eigenvalue weighted by Gasteiger charge is 2.46. The van der Waals surface area contributed by atoms with Gasteiger partial charge in [0, 0.05) is 15.5 Å². The molecule has 1 saturated heterocycles. The number of amides is 1. The molecule has 32 heavy (non-hydrogen) atoms. The van der Waals surface area contributed by atoms with Crippen LogP contribution in [0.1, 0.15) is 22.0 Å². The Morgan fingerprint density at radius 1 is 1.06 bits per heavy atom. The van der Waals surface area contributed by atoms with Gasteiger partial charge in [-0.3, -0.25) is 9.59 Å². The smallest absolute Gasteiger partial charge is 0.295 e. The number of Topliss-reactive ketones (excluding diaryl/α,β-unsaturated/α-hetero) is 1. The van der Waals surface area contributed by atoms with Gasteiger partial charge in [0.05, 0.1) is 32.4 Å². The molecule has 164 valence electrons. The molecular formula is C24H20ClNO5S. The van der Waals surface area contributed by atoms with Gasteiger partial charge in [-0.1, -0.05) is 29.8 Å². The summed E-state index contributed by atoms with van der Waals surface area (Å²) in [6.07, 6.45) is 0. The second-order valence-corrected chi connectivity index (χ2v) is 8.60. The van der Waals surface area contributed by atoms with E-state index in [0.717, 1.165) is 4.88 Å². The van der Waals surface area contributed by atoms with Crippen LogP contribution in [0.5, 0.6) is 11.5 Å². The molecule has 1 atom stereocenters. The Morgan fingerprint density at radius 3 is 2.41 bits per heavy atom. The van der Waals surface area contributed by atoms with Crippen molar-refractivity contribution < 1.29 is 24.2 Å². The molecule has 8 heteroatoms. The number of likely N-dealkylation sites (tertiary alicyclic amines) is 1. The summed E-state index contributed by atoms with van der Waals surface area (Å²) < 4.78 is 10.6. The number of nitrogens with zero attached hydrogens (tertiary/aromatic N) is 1. The number of halogens is 1. The molecule has 6 nitrogen and oxygen atoms in total. The van der Waals surface area contributed by atoms with Crippen LogP contribution in [-0.4, -0.2) is 35.9 Å². The Balaban J connectivity index is 1.87. The maximum Gasteiger partial charge on any atom is 0.295 e. The van der Waals surface area contributed by atoms with Crippen LogP contribution in [0.25, 0.3) is 5.76 Å². The van der Waals surface area contributed by atoms with Gasteiger partial charge in [-0.25, -0.2) is 0 Å². The third-order valence-corrected chi connectivity index (χ3v) is 6.40. The molecule has 0 radical (unpaired) electrons. The minimum atomic E-state index is -0.762. The number of hydrogen-bond acceptors (Lipinski definition) is 6. The highest BCUT2D eigenvalue weighted by molar-refractivity contribution is 7.09. The number of thiophene rings is 1. The summed E-state index contributed by atoms with van der Waals surface area (Å²) >= 11 is 7.54. The fourth-order valence-electron chi connectivity index (χ4n) is 3.74. The van der Waals surface area contributed by atoms with Gasteiger partial charge in [0.15, 0.2) is 11.5 Å². The van der Waals surface area contributed by atoms with Crippen molar-refractivity contribution in [2.75, 3.05) is 14.2 Å². The number of hydrogen-bond donors (Lipinski definition) is 1. The summed E-state index contributed by atoms with van der Waals surface area (Å²) in [6, 6.07) is 14.7. The number of benzene rings is 2. The number of ketones is 1. The van der Waals surface area contributed by atoms with E-state index in [9.17, 15) is 14.7 Å². The average Bonchev–Trinajstić information content (AvgIpc) is 3.41. The molecule has 0 spiro atoms. The van der Waals surface area contributed by atoms with Crippen LogP contribution in [0.2, 0.25) is 5.02 Å². The van der Waals surface area contributed by atoms with E-state index in [4.69, 9.17) is 21.1 Å². The molecule has 1 aliphatic rings. The number of aliphatic hydroxyl groups excluding tert-OH is 1. The normalized spacial score (nSPS) is 17.6. The molecule has 2 aromatic carbocycles. The molecular weight excluding hydrogens is 450 g/mol. The third-order valence-electron chi connectivity index (χ3n) is 5.29. The molecule has 1 unspecified atom stereocenters. The van der Waals surface area contributed by atoms with Crippen molar-refractivity contribution in [1.29, 1.82) is 0 Å². The lowest BCUT2D eigenvalue weighted by Gasteiger charge is -2.25. The molecule has 1 amide bonds. The predicted molar refractivity (Wildman–Crippen MR) is 123 cm³/mol. The van der Waals surface area contributed by atoms with Gasteiger partial charge >= 0.3 is 0 Å². The standard InChI is InChI=1S/C24H20ClNO5S/c1-30-18-10-7-15(12-19(18)31-2)22(27)20-21(14-5-8-16(25)9-6-14)26(24(29)23(20)28)13-17-4-3-11-32-17/h3-12,21,27H,13H2,1-2H3/b22-20-. The van der Waals surface area contributed by atoms with E-state index in [1.807, 2.05) is 17.5 Å². The molecule has 4 rings (SSSR count). The van der Waals surface area contributed by atoms with Crippen molar-refractivity contribution in [1.82, 2.24) is 4.90 Å². The minimum Gasteiger partial charge on any atom is -0.507 e. The Morgan fingerprint density at radius 2 is 1.78 bits per heavy atom. The van der Waals surface area contributed by atoms with Gasteiger partial charge in [-0.2, -0.15) is 0 Å². The first-order valence-corrected chi connectivity index (χ1v) is 11.0. The fraction of sp³-hybridized carbons (Fsp3) is 0.167. The lowest BCUT2D eigenvalue weighted by atomic mass is 9.95. The van der Waals surface area contributed by atoms with Crippen molar-refractivity contribution in [3.05, 3.63) is 86.6 Å². The van der Waals surface area contributed by atoms with Crippen molar-refractivity contribution >= 4 is 40.4 Å². The topological polar surface area (TPSA) is 76.1 Å². The minimum absolute atomic E-state index is 0.0149. The zero-order valence-corrected chi connectivity index (χ0v) is 18.9. The molecule has 0 saturated carbocycles. The first-order valence-electron chi connectivity index (χ1n) is 9.73. The van der Waals surface area contributed by atoms with Gasteiger partial charge in [0.2, 0.25) is 0 Å². The highest BCUT2D eigenvalue weighted by atomic mass is 35.5. The molecule has 2 heterocycles. The summed E-state index contributed by atoms with van der Waals surface area (Å²) in [5.41, 5.74) is 1.03. The maximum atomic E-state index is 13.1. The summed E-state index contributed by atoms with van der Waals surface area (Å²) in [6.45, 7) is 0.248. The zero-order chi connectivity index (χ0) is 22.8. The van der Waals surface area contributed by atoms with Crippen LogP contribution in [0.15, 0.2) is 65.6 Å². The summed E-state index contributed by atoms with van der Waals surface area (Å²) in [7, 11) is 2.99. The quantitative estimate of drug-likeness (QED) is 0.311. The predicted octanol–water partition coefficient (Wildman–Crippen LogP) is 5.04. The Hall–Kier alpha value is -3.29. The van der Waals surface area contributed by atoms with Crippen LogP contribution in [0.3, 0.4) is 0 Å². The first-order chi connectivity index (χ1) is 15.4. The highest BCUT2D eigenvalue weighted by Crippen LogP contribution is 2.41. The van der Waals surface area contributed by atoms with E-state index in [1.165, 1.54) is 30.5 Å². The Bertz CT molecular complexity index is 1190. The van der Waals surface area contributed by atoms with E-state index < -0.39 is 17.7 Å². The fourth-order valence-corrected chi connectivity index (χ4v) is 4.57. The monoisotopic (exact) mass is 469 g/mol. The third kappa shape index (κ3) is 3.97. The van der Waals surface area contributed by atoms with Gasteiger partial charge in [0.25, 0.3) is 11.7 Å². The molecule has 0 bridgehead atoms. The summed E-state index contributed by atoms with van der Waals surface area (Å²) in [5, 5.41) is 13.6. The van der Waals surface area contributed by atoms with Gasteiger partial charge in [0.1, 0.15) is 5.76 Å². The van der Waals surface area contributed by atoms with Crippen LogP contribution in [0, 0.1) is 0 Å². The average molecular weight is 470 g/mol. The molecule has 1 aromatic heterocycles. The summed E-state index contributed by atoms with van der Waals surface area (Å²) in [4.78, 5) is 28.5. The molecule has 0 aliphatic carbocycles. The Labute approximate surface area is 194 Å². The Kier molecular flexibility index (Phi) is 6.21. The molecule has 3 aromatic rings. The number of aliphatic hydroxyl groups is 1. The lowest BCUT2D eigenvalue weighted by molar-refractivity contribution is -0.140. The van der Waals surface area contributed by atoms with Crippen molar-refractivity contribution in [2.24, 2.45) is 0 Å².